The maximum absolute atomic E-state index is 12.7. The van der Waals surface area contributed by atoms with Crippen LogP contribution in [0, 0.1) is 13.8 Å². The van der Waals surface area contributed by atoms with Crippen LogP contribution >= 0.6 is 11.6 Å². The molecule has 7 heteroatoms. The van der Waals surface area contributed by atoms with Crippen molar-refractivity contribution in [2.75, 3.05) is 5.32 Å². The average Bonchev–Trinajstić information content (AvgIpc) is 3.24. The van der Waals surface area contributed by atoms with Crippen LogP contribution in [0.3, 0.4) is 0 Å². The smallest absolute Gasteiger partial charge is 0.265 e. The monoisotopic (exact) mass is 426 g/mol. The standard InChI is InChI=1S/C23H23ClN2O4/c1-14-11-18(12-15(2)21(14)24)30-16(3)22(27)26-20-9-5-4-8-19(20)23(28)25-13-17-7-6-10-29-17/h4-12,16H,13H2,1-3H3,(H,25,28)(H,26,27)/t16-/m1/s1. The molecule has 1 heterocycles. The van der Waals surface area contributed by atoms with Crippen LogP contribution < -0.4 is 15.4 Å². The number of hydrogen-bond donors (Lipinski definition) is 2. The van der Waals surface area contributed by atoms with Gasteiger partial charge in [-0.2, -0.15) is 0 Å². The minimum Gasteiger partial charge on any atom is -0.481 e. The van der Waals surface area contributed by atoms with Gasteiger partial charge in [0, 0.05) is 5.02 Å². The first-order valence-corrected chi connectivity index (χ1v) is 9.87. The van der Waals surface area contributed by atoms with Crippen LogP contribution in [0.1, 0.15) is 34.2 Å². The van der Waals surface area contributed by atoms with Crippen LogP contribution in [0.5, 0.6) is 5.75 Å². The van der Waals surface area contributed by atoms with E-state index < -0.39 is 6.10 Å². The summed E-state index contributed by atoms with van der Waals surface area (Å²) >= 11 is 6.18. The summed E-state index contributed by atoms with van der Waals surface area (Å²) in [4.78, 5) is 25.2. The van der Waals surface area contributed by atoms with Crippen molar-refractivity contribution in [2.45, 2.75) is 33.4 Å². The molecule has 1 aromatic heterocycles. The molecule has 0 aliphatic carbocycles. The molecule has 3 aromatic rings. The molecule has 0 aliphatic rings. The lowest BCUT2D eigenvalue weighted by atomic mass is 10.1. The minimum atomic E-state index is -0.774. The SMILES string of the molecule is Cc1cc(O[C@H](C)C(=O)Nc2ccccc2C(=O)NCc2ccco2)cc(C)c1Cl. The third kappa shape index (κ3) is 5.21. The zero-order valence-corrected chi connectivity index (χ0v) is 17.7. The number of carbonyl (C=O) groups excluding carboxylic acids is 2. The van der Waals surface area contributed by atoms with Crippen LogP contribution in [-0.4, -0.2) is 17.9 Å². The van der Waals surface area contributed by atoms with Gasteiger partial charge in [-0.3, -0.25) is 9.59 Å². The lowest BCUT2D eigenvalue weighted by molar-refractivity contribution is -0.122. The Morgan fingerprint density at radius 3 is 2.47 bits per heavy atom. The van der Waals surface area contributed by atoms with Gasteiger partial charge in [-0.25, -0.2) is 0 Å². The summed E-state index contributed by atoms with van der Waals surface area (Å²) in [6, 6.07) is 13.9. The number of benzene rings is 2. The molecule has 0 bridgehead atoms. The fourth-order valence-electron chi connectivity index (χ4n) is 2.93. The second-order valence-corrected chi connectivity index (χ2v) is 7.31. The maximum Gasteiger partial charge on any atom is 0.265 e. The van der Waals surface area contributed by atoms with Gasteiger partial charge in [-0.1, -0.05) is 23.7 Å². The van der Waals surface area contributed by atoms with Gasteiger partial charge < -0.3 is 19.8 Å². The third-order valence-corrected chi connectivity index (χ3v) is 5.12. The van der Waals surface area contributed by atoms with Gasteiger partial charge in [0.05, 0.1) is 24.1 Å². The molecule has 0 spiro atoms. The molecular weight excluding hydrogens is 404 g/mol. The summed E-state index contributed by atoms with van der Waals surface area (Å²) < 4.78 is 11.0. The zero-order valence-electron chi connectivity index (χ0n) is 17.0. The Hall–Kier alpha value is -3.25. The molecule has 0 unspecified atom stereocenters. The van der Waals surface area contributed by atoms with Gasteiger partial charge >= 0.3 is 0 Å². The predicted octanol–water partition coefficient (Wildman–Crippen LogP) is 4.89. The Morgan fingerprint density at radius 2 is 1.80 bits per heavy atom. The van der Waals surface area contributed by atoms with E-state index in [-0.39, 0.29) is 18.4 Å². The number of rotatable bonds is 7. The summed E-state index contributed by atoms with van der Waals surface area (Å²) in [5, 5.41) is 6.22. The molecule has 0 aliphatic heterocycles. The molecule has 0 radical (unpaired) electrons. The highest BCUT2D eigenvalue weighted by Gasteiger charge is 2.19. The number of para-hydroxylation sites is 1. The highest BCUT2D eigenvalue weighted by molar-refractivity contribution is 6.32. The van der Waals surface area contributed by atoms with E-state index in [4.69, 9.17) is 20.8 Å². The summed E-state index contributed by atoms with van der Waals surface area (Å²) in [5.74, 6) is 0.508. The first-order chi connectivity index (χ1) is 14.3. The molecule has 6 nitrogen and oxygen atoms in total. The molecule has 2 amide bonds. The lowest BCUT2D eigenvalue weighted by Gasteiger charge is -2.17. The molecule has 1 atom stereocenters. The van der Waals surface area contributed by atoms with Gasteiger partial charge in [0.2, 0.25) is 0 Å². The number of anilines is 1. The number of aryl methyl sites for hydroxylation is 2. The van der Waals surface area contributed by atoms with Crippen LogP contribution in [0.4, 0.5) is 5.69 Å². The molecule has 2 aromatic carbocycles. The Morgan fingerprint density at radius 1 is 1.10 bits per heavy atom. The summed E-state index contributed by atoms with van der Waals surface area (Å²) in [6.45, 7) is 5.66. The fourth-order valence-corrected chi connectivity index (χ4v) is 3.04. The number of carbonyl (C=O) groups is 2. The number of ether oxygens (including phenoxy) is 1. The van der Waals surface area contributed by atoms with Crippen molar-refractivity contribution in [2.24, 2.45) is 0 Å². The van der Waals surface area contributed by atoms with E-state index in [9.17, 15) is 9.59 Å². The molecule has 0 fully saturated rings. The predicted molar refractivity (Wildman–Crippen MR) is 116 cm³/mol. The van der Waals surface area contributed by atoms with Crippen molar-refractivity contribution in [3.05, 3.63) is 82.3 Å². The van der Waals surface area contributed by atoms with Gasteiger partial charge in [0.1, 0.15) is 11.5 Å². The lowest BCUT2D eigenvalue weighted by Crippen LogP contribution is -2.31. The van der Waals surface area contributed by atoms with Crippen LogP contribution in [0.25, 0.3) is 0 Å². The van der Waals surface area contributed by atoms with Crippen LogP contribution in [0.15, 0.2) is 59.2 Å². The van der Waals surface area contributed by atoms with E-state index in [1.54, 1.807) is 61.7 Å². The van der Waals surface area contributed by atoms with Gasteiger partial charge in [-0.05, 0) is 68.3 Å². The summed E-state index contributed by atoms with van der Waals surface area (Å²) in [6.07, 6.45) is 0.769. The average molecular weight is 427 g/mol. The number of halogens is 1. The van der Waals surface area contributed by atoms with Crippen molar-refractivity contribution in [3.63, 3.8) is 0 Å². The molecule has 0 saturated heterocycles. The van der Waals surface area contributed by atoms with Crippen molar-refractivity contribution < 1.29 is 18.7 Å². The van der Waals surface area contributed by atoms with Crippen LogP contribution in [0.2, 0.25) is 5.02 Å². The number of nitrogens with one attached hydrogen (secondary N) is 2. The number of furan rings is 1. The molecule has 0 saturated carbocycles. The van der Waals surface area contributed by atoms with Crippen molar-refractivity contribution in [3.8, 4) is 5.75 Å². The minimum absolute atomic E-state index is 0.253. The second kappa shape index (κ2) is 9.50. The van der Waals surface area contributed by atoms with E-state index in [2.05, 4.69) is 10.6 Å². The van der Waals surface area contributed by atoms with E-state index in [1.165, 1.54) is 0 Å². The second-order valence-electron chi connectivity index (χ2n) is 6.93. The van der Waals surface area contributed by atoms with E-state index in [0.29, 0.717) is 27.8 Å². The number of amides is 2. The van der Waals surface area contributed by atoms with E-state index in [1.807, 2.05) is 13.8 Å². The Bertz CT molecular complexity index is 1020. The quantitative estimate of drug-likeness (QED) is 0.563. The summed E-state index contributed by atoms with van der Waals surface area (Å²) in [5.41, 5.74) is 2.50. The zero-order chi connectivity index (χ0) is 21.7. The fraction of sp³-hybridized carbons (Fsp3) is 0.217. The highest BCUT2D eigenvalue weighted by Crippen LogP contribution is 2.26. The Labute approximate surface area is 180 Å². The molecule has 3 rings (SSSR count). The molecule has 2 N–H and O–H groups in total. The first kappa shape index (κ1) is 21.5. The highest BCUT2D eigenvalue weighted by atomic mass is 35.5. The van der Waals surface area contributed by atoms with Gasteiger partial charge in [0.15, 0.2) is 6.10 Å². The van der Waals surface area contributed by atoms with E-state index >= 15 is 0 Å². The van der Waals surface area contributed by atoms with Crippen molar-refractivity contribution in [1.82, 2.24) is 5.32 Å². The molecule has 30 heavy (non-hydrogen) atoms. The van der Waals surface area contributed by atoms with Crippen molar-refractivity contribution in [1.29, 1.82) is 0 Å². The first-order valence-electron chi connectivity index (χ1n) is 9.49. The largest absolute Gasteiger partial charge is 0.481 e. The summed E-state index contributed by atoms with van der Waals surface area (Å²) in [7, 11) is 0. The molecule has 156 valence electrons. The van der Waals surface area contributed by atoms with Gasteiger partial charge in [-0.15, -0.1) is 0 Å². The third-order valence-electron chi connectivity index (χ3n) is 4.52. The van der Waals surface area contributed by atoms with Crippen molar-refractivity contribution >= 4 is 29.1 Å². The van der Waals surface area contributed by atoms with Crippen LogP contribution in [-0.2, 0) is 11.3 Å². The Kier molecular flexibility index (Phi) is 6.79. The normalized spacial score (nSPS) is 11.6. The molecular formula is C23H23ClN2O4. The van der Waals surface area contributed by atoms with E-state index in [0.717, 1.165) is 11.1 Å². The van der Waals surface area contributed by atoms with Gasteiger partial charge in [0.25, 0.3) is 11.8 Å². The maximum atomic E-state index is 12.7. The Balaban J connectivity index is 1.66. The number of hydrogen-bond acceptors (Lipinski definition) is 4. The topological polar surface area (TPSA) is 80.6 Å².